The van der Waals surface area contributed by atoms with Gasteiger partial charge in [0.25, 0.3) is 0 Å². The van der Waals surface area contributed by atoms with Crippen molar-refractivity contribution in [2.45, 2.75) is 18.9 Å². The van der Waals surface area contributed by atoms with Gasteiger partial charge in [-0.3, -0.25) is 4.79 Å². The molecule has 1 fully saturated rings. The maximum atomic E-state index is 14.9. The van der Waals surface area contributed by atoms with Crippen molar-refractivity contribution in [3.8, 4) is 28.4 Å². The number of benzene rings is 2. The number of methoxy groups -OCH3 is 1. The van der Waals surface area contributed by atoms with Gasteiger partial charge in [-0.1, -0.05) is 17.7 Å². The first-order chi connectivity index (χ1) is 15.5. The van der Waals surface area contributed by atoms with Gasteiger partial charge in [-0.25, -0.2) is 14.4 Å². The lowest BCUT2D eigenvalue weighted by Crippen LogP contribution is -2.38. The normalized spacial score (nSPS) is 17.7. The Morgan fingerprint density at radius 3 is 2.66 bits per heavy atom. The summed E-state index contributed by atoms with van der Waals surface area (Å²) in [6, 6.07) is 13.8. The van der Waals surface area contributed by atoms with Crippen molar-refractivity contribution in [2.75, 3.05) is 7.11 Å². The van der Waals surface area contributed by atoms with Crippen LogP contribution >= 0.6 is 11.6 Å². The van der Waals surface area contributed by atoms with Gasteiger partial charge in [0.15, 0.2) is 0 Å². The van der Waals surface area contributed by atoms with E-state index in [0.717, 1.165) is 16.6 Å². The molecular weight excluding hydrogens is 433 g/mol. The van der Waals surface area contributed by atoms with E-state index in [2.05, 4.69) is 15.0 Å². The predicted molar refractivity (Wildman–Crippen MR) is 119 cm³/mol. The molecule has 1 aliphatic rings. The topological polar surface area (TPSA) is 77.1 Å². The van der Waals surface area contributed by atoms with Crippen LogP contribution < -0.4 is 4.74 Å². The molecule has 2 heterocycles. The number of aromatic nitrogens is 3. The average Bonchev–Trinajstić information content (AvgIpc) is 3.18. The molecule has 1 saturated carbocycles. The Balaban J connectivity index is 1.30. The molecule has 0 bridgehead atoms. The summed E-state index contributed by atoms with van der Waals surface area (Å²) >= 11 is 6.01. The minimum Gasteiger partial charge on any atom is -0.474 e. The monoisotopic (exact) mass is 451 g/mol. The van der Waals surface area contributed by atoms with Crippen LogP contribution in [0.4, 0.5) is 4.39 Å². The highest BCUT2D eigenvalue weighted by molar-refractivity contribution is 6.31. The number of imidazole rings is 1. The lowest BCUT2D eigenvalue weighted by atomic mass is 9.82. The fraction of sp³-hybridized carbons (Fsp3) is 0.208. The van der Waals surface area contributed by atoms with E-state index in [0.29, 0.717) is 40.7 Å². The maximum Gasteiger partial charge on any atom is 0.308 e. The van der Waals surface area contributed by atoms with Gasteiger partial charge in [-0.05, 0) is 54.8 Å². The number of nitrogens with zero attached hydrogens (tertiary/aromatic N) is 2. The van der Waals surface area contributed by atoms with Crippen LogP contribution in [0.25, 0.3) is 33.5 Å². The largest absolute Gasteiger partial charge is 0.474 e. The van der Waals surface area contributed by atoms with Gasteiger partial charge in [0.2, 0.25) is 5.88 Å². The van der Waals surface area contributed by atoms with Crippen LogP contribution in [0.3, 0.4) is 0 Å². The van der Waals surface area contributed by atoms with Crippen LogP contribution in [0.2, 0.25) is 5.02 Å². The number of nitrogens with one attached hydrogen (secondary N) is 1. The van der Waals surface area contributed by atoms with Gasteiger partial charge in [-0.15, -0.1) is 0 Å². The molecule has 0 unspecified atom stereocenters. The molecule has 6 nitrogen and oxygen atoms in total. The van der Waals surface area contributed by atoms with E-state index >= 15 is 0 Å². The summed E-state index contributed by atoms with van der Waals surface area (Å²) in [4.78, 5) is 23.3. The Hall–Kier alpha value is -3.45. The first-order valence-electron chi connectivity index (χ1n) is 10.2. The zero-order valence-electron chi connectivity index (χ0n) is 17.1. The van der Waals surface area contributed by atoms with Crippen molar-refractivity contribution in [2.24, 2.45) is 5.92 Å². The summed E-state index contributed by atoms with van der Waals surface area (Å²) in [6.45, 7) is 0. The number of halogens is 2. The first kappa shape index (κ1) is 20.5. The molecule has 0 atom stereocenters. The molecule has 4 aromatic rings. The Morgan fingerprint density at radius 2 is 1.94 bits per heavy atom. The summed E-state index contributed by atoms with van der Waals surface area (Å²) in [5, 5.41) is 0.587. The van der Waals surface area contributed by atoms with Crippen molar-refractivity contribution in [1.82, 2.24) is 15.0 Å². The lowest BCUT2D eigenvalue weighted by Gasteiger charge is -2.32. The second-order valence-electron chi connectivity index (χ2n) is 7.76. The van der Waals surface area contributed by atoms with Gasteiger partial charge in [0.1, 0.15) is 17.7 Å². The van der Waals surface area contributed by atoms with Crippen LogP contribution in [0.15, 0.2) is 54.7 Å². The molecule has 1 aliphatic carbocycles. The molecule has 32 heavy (non-hydrogen) atoms. The van der Waals surface area contributed by atoms with Crippen molar-refractivity contribution in [3.63, 3.8) is 0 Å². The van der Waals surface area contributed by atoms with Crippen molar-refractivity contribution in [3.05, 3.63) is 65.6 Å². The third kappa shape index (κ3) is 3.91. The second-order valence-corrected chi connectivity index (χ2v) is 8.19. The molecule has 2 aromatic heterocycles. The standard InChI is InChI=1S/C24H19ClFN3O3/c1-31-24(30)15-8-17(9-15)32-22-7-3-14(12-27-22)13-2-5-18(19(26)10-13)23-28-20-6-4-16(25)11-21(20)29-23/h2-7,10-12,15,17H,8-9H2,1H3,(H,28,29). The summed E-state index contributed by atoms with van der Waals surface area (Å²) in [5.74, 6) is 0.218. The Bertz CT molecular complexity index is 1300. The number of carbonyl (C=O) groups is 1. The molecule has 0 amide bonds. The number of pyridine rings is 1. The number of carbonyl (C=O) groups excluding carboxylic acids is 1. The highest BCUT2D eigenvalue weighted by Gasteiger charge is 2.37. The number of esters is 1. The molecular formula is C24H19ClFN3O3. The zero-order chi connectivity index (χ0) is 22.2. The average molecular weight is 452 g/mol. The second kappa shape index (κ2) is 8.24. The summed E-state index contributed by atoms with van der Waals surface area (Å²) < 4.78 is 25.4. The van der Waals surface area contributed by atoms with Gasteiger partial charge in [0, 0.05) is 22.8 Å². The zero-order valence-corrected chi connectivity index (χ0v) is 17.9. The summed E-state index contributed by atoms with van der Waals surface area (Å²) in [6.07, 6.45) is 2.84. The molecule has 8 heteroatoms. The van der Waals surface area contributed by atoms with Crippen LogP contribution in [0.1, 0.15) is 12.8 Å². The quantitative estimate of drug-likeness (QED) is 0.410. The van der Waals surface area contributed by atoms with E-state index in [1.807, 2.05) is 12.1 Å². The van der Waals surface area contributed by atoms with Gasteiger partial charge < -0.3 is 14.5 Å². The molecule has 0 aliphatic heterocycles. The Kier molecular flexibility index (Phi) is 5.27. The van der Waals surface area contributed by atoms with Crippen molar-refractivity contribution in [1.29, 1.82) is 0 Å². The molecule has 1 N–H and O–H groups in total. The van der Waals surface area contributed by atoms with Gasteiger partial charge in [-0.2, -0.15) is 0 Å². The number of hydrogen-bond donors (Lipinski definition) is 1. The number of aromatic amines is 1. The molecule has 5 rings (SSSR count). The van der Waals surface area contributed by atoms with Crippen LogP contribution in [-0.4, -0.2) is 34.1 Å². The molecule has 0 saturated heterocycles. The fourth-order valence-corrected chi connectivity index (χ4v) is 3.98. The predicted octanol–water partition coefficient (Wildman–Crippen LogP) is 5.41. The highest BCUT2D eigenvalue weighted by atomic mass is 35.5. The Morgan fingerprint density at radius 1 is 1.12 bits per heavy atom. The minimum atomic E-state index is -0.392. The number of ether oxygens (including phenoxy) is 2. The van der Waals surface area contributed by atoms with Gasteiger partial charge >= 0.3 is 5.97 Å². The minimum absolute atomic E-state index is 0.0483. The van der Waals surface area contributed by atoms with E-state index in [1.54, 1.807) is 36.5 Å². The molecule has 2 aromatic carbocycles. The van der Waals surface area contributed by atoms with E-state index in [4.69, 9.17) is 21.1 Å². The van der Waals surface area contributed by atoms with E-state index in [1.165, 1.54) is 13.2 Å². The summed E-state index contributed by atoms with van der Waals surface area (Å²) in [7, 11) is 1.39. The summed E-state index contributed by atoms with van der Waals surface area (Å²) in [5.41, 5.74) is 3.30. The first-order valence-corrected chi connectivity index (χ1v) is 10.5. The Labute approximate surface area is 188 Å². The SMILES string of the molecule is COC(=O)C1CC(Oc2ccc(-c3ccc(-c4nc5ccc(Cl)cc5[nH]4)c(F)c3)cn2)C1. The lowest BCUT2D eigenvalue weighted by molar-refractivity contribution is -0.151. The maximum absolute atomic E-state index is 14.9. The molecule has 0 spiro atoms. The molecule has 162 valence electrons. The van der Waals surface area contributed by atoms with E-state index in [-0.39, 0.29) is 18.0 Å². The number of rotatable bonds is 5. The molecule has 0 radical (unpaired) electrons. The third-order valence-corrected chi connectivity index (χ3v) is 5.89. The third-order valence-electron chi connectivity index (χ3n) is 5.65. The van der Waals surface area contributed by atoms with Crippen LogP contribution in [0.5, 0.6) is 5.88 Å². The number of hydrogen-bond acceptors (Lipinski definition) is 5. The van der Waals surface area contributed by atoms with Gasteiger partial charge in [0.05, 0.1) is 29.6 Å². The van der Waals surface area contributed by atoms with E-state index in [9.17, 15) is 9.18 Å². The highest BCUT2D eigenvalue weighted by Crippen LogP contribution is 2.33. The smallest absolute Gasteiger partial charge is 0.308 e. The van der Waals surface area contributed by atoms with Crippen molar-refractivity contribution >= 4 is 28.6 Å². The van der Waals surface area contributed by atoms with Crippen molar-refractivity contribution < 1.29 is 18.7 Å². The number of fused-ring (bicyclic) bond motifs is 1. The number of H-pyrrole nitrogens is 1. The van der Waals surface area contributed by atoms with Crippen LogP contribution in [0, 0.1) is 11.7 Å². The fourth-order valence-electron chi connectivity index (χ4n) is 3.81. The van der Waals surface area contributed by atoms with E-state index < -0.39 is 5.82 Å². The van der Waals surface area contributed by atoms with Crippen LogP contribution in [-0.2, 0) is 9.53 Å².